The summed E-state index contributed by atoms with van der Waals surface area (Å²) in [7, 11) is 0. The molecule has 2 aliphatic heterocycles. The van der Waals surface area contributed by atoms with Gasteiger partial charge in [0, 0.05) is 19.5 Å². The van der Waals surface area contributed by atoms with Crippen LogP contribution in [-0.2, 0) is 20.9 Å². The monoisotopic (exact) mass is 366 g/mol. The Balaban J connectivity index is 1.61. The minimum absolute atomic E-state index is 0.0461. The van der Waals surface area contributed by atoms with Crippen LogP contribution in [0.4, 0.5) is 0 Å². The molecule has 27 heavy (non-hydrogen) atoms. The van der Waals surface area contributed by atoms with Gasteiger partial charge in [0.05, 0.1) is 18.8 Å². The summed E-state index contributed by atoms with van der Waals surface area (Å²) in [6.07, 6.45) is 0.645. The number of ether oxygens (including phenoxy) is 1. The van der Waals surface area contributed by atoms with Gasteiger partial charge >= 0.3 is 5.97 Å². The Bertz CT molecular complexity index is 783. The first-order valence-corrected chi connectivity index (χ1v) is 9.58. The number of benzene rings is 2. The summed E-state index contributed by atoms with van der Waals surface area (Å²) in [5.74, 6) is -0.286. The van der Waals surface area contributed by atoms with Gasteiger partial charge in [0.2, 0.25) is 0 Å². The topological polar surface area (TPSA) is 42.0 Å². The lowest BCUT2D eigenvalue weighted by molar-refractivity contribution is -0.225. The summed E-state index contributed by atoms with van der Waals surface area (Å²) in [4.78, 5) is 21.2. The van der Waals surface area contributed by atoms with Gasteiger partial charge in [-0.05, 0) is 25.0 Å². The molecular formula is C22H26N2O3. The van der Waals surface area contributed by atoms with Gasteiger partial charge in [-0.3, -0.25) is 9.74 Å². The van der Waals surface area contributed by atoms with E-state index in [0.29, 0.717) is 13.0 Å². The fourth-order valence-electron chi connectivity index (χ4n) is 4.07. The second-order valence-electron chi connectivity index (χ2n) is 7.43. The lowest BCUT2D eigenvalue weighted by Crippen LogP contribution is -2.40. The number of rotatable bonds is 5. The summed E-state index contributed by atoms with van der Waals surface area (Å²) in [6, 6.07) is 20.9. The number of fused-ring (bicyclic) bond motifs is 1. The molecule has 0 N–H and O–H groups in total. The minimum atomic E-state index is -0.941. The third-order valence-corrected chi connectivity index (χ3v) is 5.43. The van der Waals surface area contributed by atoms with Gasteiger partial charge in [0.25, 0.3) is 0 Å². The molecule has 2 aromatic carbocycles. The summed E-state index contributed by atoms with van der Waals surface area (Å²) in [6.45, 7) is 5.71. The Morgan fingerprint density at radius 2 is 1.81 bits per heavy atom. The number of carbonyl (C=O) groups is 1. The standard InChI is InChI=1S/C22H26N2O3/c1-3-26-21(25)22(2)14-20-23(15-17-10-6-4-7-11-17)16-19(24(20)27-22)18-12-8-5-9-13-18/h4-13,19-20H,3,14-16H2,1-2H3/t19-,20+,22?/m1/s1. The van der Waals surface area contributed by atoms with E-state index < -0.39 is 5.60 Å². The molecule has 4 rings (SSSR count). The van der Waals surface area contributed by atoms with Crippen LogP contribution in [0.2, 0.25) is 0 Å². The van der Waals surface area contributed by atoms with Gasteiger partial charge in [-0.2, -0.15) is 5.06 Å². The molecule has 5 nitrogen and oxygen atoms in total. The molecule has 2 heterocycles. The number of esters is 1. The van der Waals surface area contributed by atoms with Crippen LogP contribution in [0.15, 0.2) is 60.7 Å². The van der Waals surface area contributed by atoms with Gasteiger partial charge in [0.1, 0.15) is 0 Å². The van der Waals surface area contributed by atoms with E-state index in [-0.39, 0.29) is 18.2 Å². The second-order valence-corrected chi connectivity index (χ2v) is 7.43. The molecule has 0 radical (unpaired) electrons. The van der Waals surface area contributed by atoms with E-state index in [1.165, 1.54) is 11.1 Å². The fourth-order valence-corrected chi connectivity index (χ4v) is 4.07. The molecule has 142 valence electrons. The van der Waals surface area contributed by atoms with Crippen molar-refractivity contribution >= 4 is 5.97 Å². The number of nitrogens with zero attached hydrogens (tertiary/aromatic N) is 2. The summed E-state index contributed by atoms with van der Waals surface area (Å²) in [5, 5.41) is 2.01. The van der Waals surface area contributed by atoms with Crippen LogP contribution in [-0.4, -0.2) is 40.9 Å². The van der Waals surface area contributed by atoms with Crippen LogP contribution >= 0.6 is 0 Å². The highest BCUT2D eigenvalue weighted by Gasteiger charge is 2.56. The summed E-state index contributed by atoms with van der Waals surface area (Å²) < 4.78 is 5.28. The maximum atomic E-state index is 12.5. The normalized spacial score (nSPS) is 28.2. The summed E-state index contributed by atoms with van der Waals surface area (Å²) in [5.41, 5.74) is 1.52. The van der Waals surface area contributed by atoms with E-state index in [4.69, 9.17) is 9.57 Å². The third-order valence-electron chi connectivity index (χ3n) is 5.43. The molecule has 2 fully saturated rings. The van der Waals surface area contributed by atoms with Crippen molar-refractivity contribution in [3.63, 3.8) is 0 Å². The van der Waals surface area contributed by atoms with Crippen molar-refractivity contribution in [2.75, 3.05) is 13.2 Å². The number of hydrogen-bond acceptors (Lipinski definition) is 5. The Labute approximate surface area is 160 Å². The van der Waals surface area contributed by atoms with Crippen LogP contribution in [0.25, 0.3) is 0 Å². The molecule has 2 aromatic rings. The van der Waals surface area contributed by atoms with Gasteiger partial charge in [-0.1, -0.05) is 60.7 Å². The number of hydrogen-bond donors (Lipinski definition) is 0. The fraction of sp³-hybridized carbons (Fsp3) is 0.409. The number of hydroxylamine groups is 2. The van der Waals surface area contributed by atoms with Crippen LogP contribution in [0.1, 0.15) is 37.4 Å². The van der Waals surface area contributed by atoms with Crippen molar-refractivity contribution in [1.82, 2.24) is 9.96 Å². The van der Waals surface area contributed by atoms with E-state index >= 15 is 0 Å². The Morgan fingerprint density at radius 1 is 1.15 bits per heavy atom. The Hall–Kier alpha value is -2.21. The minimum Gasteiger partial charge on any atom is -0.464 e. The third kappa shape index (κ3) is 3.50. The Morgan fingerprint density at radius 3 is 2.48 bits per heavy atom. The van der Waals surface area contributed by atoms with E-state index in [2.05, 4.69) is 41.3 Å². The maximum absolute atomic E-state index is 12.5. The van der Waals surface area contributed by atoms with Gasteiger partial charge in [-0.25, -0.2) is 4.79 Å². The summed E-state index contributed by atoms with van der Waals surface area (Å²) >= 11 is 0. The van der Waals surface area contributed by atoms with Crippen molar-refractivity contribution in [1.29, 1.82) is 0 Å². The molecule has 0 bridgehead atoms. The molecule has 2 saturated heterocycles. The zero-order chi connectivity index (χ0) is 18.9. The quantitative estimate of drug-likeness (QED) is 0.758. The highest BCUT2D eigenvalue weighted by Crippen LogP contribution is 2.44. The lowest BCUT2D eigenvalue weighted by Gasteiger charge is -2.26. The zero-order valence-electron chi connectivity index (χ0n) is 15.9. The van der Waals surface area contributed by atoms with Crippen molar-refractivity contribution in [2.24, 2.45) is 0 Å². The molecule has 0 spiro atoms. The van der Waals surface area contributed by atoms with Gasteiger partial charge in [0.15, 0.2) is 5.60 Å². The predicted octanol–water partition coefficient (Wildman–Crippen LogP) is 3.53. The predicted molar refractivity (Wildman–Crippen MR) is 102 cm³/mol. The zero-order valence-corrected chi connectivity index (χ0v) is 15.9. The molecule has 0 saturated carbocycles. The van der Waals surface area contributed by atoms with Crippen LogP contribution in [0, 0.1) is 0 Å². The largest absolute Gasteiger partial charge is 0.464 e. The van der Waals surface area contributed by atoms with Crippen LogP contribution in [0.3, 0.4) is 0 Å². The smallest absolute Gasteiger partial charge is 0.340 e. The van der Waals surface area contributed by atoms with E-state index in [1.54, 1.807) is 0 Å². The van der Waals surface area contributed by atoms with Gasteiger partial charge in [-0.15, -0.1) is 0 Å². The van der Waals surface area contributed by atoms with E-state index in [0.717, 1.165) is 13.1 Å². The lowest BCUT2D eigenvalue weighted by atomic mass is 10.0. The molecule has 1 unspecified atom stereocenters. The SMILES string of the molecule is CCOC(=O)C1(C)C[C@H]2N(Cc3ccccc3)C[C@H](c3ccccc3)N2O1. The van der Waals surface area contributed by atoms with Crippen molar-refractivity contribution < 1.29 is 14.4 Å². The van der Waals surface area contributed by atoms with Gasteiger partial charge < -0.3 is 4.74 Å². The molecule has 2 aliphatic rings. The van der Waals surface area contributed by atoms with E-state index in [1.807, 2.05) is 43.2 Å². The highest BCUT2D eigenvalue weighted by molar-refractivity contribution is 5.79. The first-order chi connectivity index (χ1) is 13.1. The first kappa shape index (κ1) is 18.2. The highest BCUT2D eigenvalue weighted by atomic mass is 16.7. The number of carbonyl (C=O) groups excluding carboxylic acids is 1. The molecule has 5 heteroatoms. The van der Waals surface area contributed by atoms with Crippen molar-refractivity contribution in [3.8, 4) is 0 Å². The van der Waals surface area contributed by atoms with E-state index in [9.17, 15) is 4.79 Å². The molecule has 0 aliphatic carbocycles. The molecule has 0 aromatic heterocycles. The molecule has 3 atom stereocenters. The average molecular weight is 366 g/mol. The van der Waals surface area contributed by atoms with Crippen LogP contribution in [0.5, 0.6) is 0 Å². The second kappa shape index (κ2) is 7.43. The van der Waals surface area contributed by atoms with Crippen molar-refractivity contribution in [3.05, 3.63) is 71.8 Å². The first-order valence-electron chi connectivity index (χ1n) is 9.58. The molecular weight excluding hydrogens is 340 g/mol. The average Bonchev–Trinajstić information content (AvgIpc) is 3.20. The maximum Gasteiger partial charge on any atom is 0.340 e. The molecule has 0 amide bonds. The Kier molecular flexibility index (Phi) is 5.00. The van der Waals surface area contributed by atoms with Crippen LogP contribution < -0.4 is 0 Å². The van der Waals surface area contributed by atoms with Crippen molar-refractivity contribution in [2.45, 2.75) is 44.6 Å².